The standard InChI is InChI=1S/C52H35N/c1-3-15-36(16-4-1)40-20-13-21-42(35-40)53(50-28-14-27-49-47-24-10-9-23-45(47)46-25-11-12-26-48(46)52(49)50)41-32-29-38(30-33-41)44-34-31-37-17-7-8-22-43(37)51(44)39-18-5-2-6-19-39/h1-35H. The number of hydrogen-bond acceptors (Lipinski definition) is 1. The smallest absolute Gasteiger partial charge is 0.0546 e. The number of fused-ring (bicyclic) bond motifs is 7. The Hall–Kier alpha value is -6.96. The Bertz CT molecular complexity index is 2880. The van der Waals surface area contributed by atoms with E-state index in [2.05, 4.69) is 217 Å². The molecule has 0 aliphatic carbocycles. The molecule has 0 spiro atoms. The minimum Gasteiger partial charge on any atom is -0.310 e. The predicted octanol–water partition coefficient (Wildman–Crippen LogP) is 14.8. The van der Waals surface area contributed by atoms with Crippen LogP contribution >= 0.6 is 0 Å². The maximum atomic E-state index is 2.44. The average molecular weight is 674 g/mol. The molecule has 1 heteroatoms. The number of rotatable bonds is 6. The van der Waals surface area contributed by atoms with Crippen LogP contribution in [0.1, 0.15) is 0 Å². The maximum Gasteiger partial charge on any atom is 0.0546 e. The minimum absolute atomic E-state index is 1.10. The highest BCUT2D eigenvalue weighted by molar-refractivity contribution is 6.28. The molecular weight excluding hydrogens is 639 g/mol. The highest BCUT2D eigenvalue weighted by Gasteiger charge is 2.20. The first-order valence-electron chi connectivity index (χ1n) is 18.3. The molecule has 0 amide bonds. The second-order valence-electron chi connectivity index (χ2n) is 13.7. The fraction of sp³-hybridized carbons (Fsp3) is 0. The van der Waals surface area contributed by atoms with E-state index in [4.69, 9.17) is 0 Å². The zero-order chi connectivity index (χ0) is 35.1. The monoisotopic (exact) mass is 673 g/mol. The molecule has 53 heavy (non-hydrogen) atoms. The number of nitrogens with zero attached hydrogens (tertiary/aromatic N) is 1. The highest BCUT2D eigenvalue weighted by Crippen LogP contribution is 2.46. The fourth-order valence-electron chi connectivity index (χ4n) is 8.22. The van der Waals surface area contributed by atoms with E-state index in [0.29, 0.717) is 0 Å². The molecule has 10 aromatic rings. The van der Waals surface area contributed by atoms with Gasteiger partial charge in [-0.2, -0.15) is 0 Å². The first-order valence-corrected chi connectivity index (χ1v) is 18.3. The van der Waals surface area contributed by atoms with Gasteiger partial charge in [0.05, 0.1) is 5.69 Å². The topological polar surface area (TPSA) is 3.24 Å². The number of hydrogen-bond donors (Lipinski definition) is 0. The molecule has 0 heterocycles. The lowest BCUT2D eigenvalue weighted by atomic mass is 9.89. The van der Waals surface area contributed by atoms with Crippen LogP contribution in [0, 0.1) is 0 Å². The van der Waals surface area contributed by atoms with Crippen LogP contribution in [0.2, 0.25) is 0 Å². The summed E-state index contributed by atoms with van der Waals surface area (Å²) in [6.45, 7) is 0. The Kier molecular flexibility index (Phi) is 7.55. The Morgan fingerprint density at radius 1 is 0.283 bits per heavy atom. The molecule has 10 rings (SSSR count). The summed E-state index contributed by atoms with van der Waals surface area (Å²) in [6.07, 6.45) is 0. The summed E-state index contributed by atoms with van der Waals surface area (Å²) in [5, 5.41) is 10.1. The van der Waals surface area contributed by atoms with Gasteiger partial charge in [0.15, 0.2) is 0 Å². The van der Waals surface area contributed by atoms with Crippen molar-refractivity contribution in [3.05, 3.63) is 212 Å². The lowest BCUT2D eigenvalue weighted by Gasteiger charge is -2.28. The van der Waals surface area contributed by atoms with Gasteiger partial charge in [-0.3, -0.25) is 0 Å². The van der Waals surface area contributed by atoms with E-state index < -0.39 is 0 Å². The molecule has 0 radical (unpaired) electrons. The first-order chi connectivity index (χ1) is 26.3. The zero-order valence-electron chi connectivity index (χ0n) is 29.2. The van der Waals surface area contributed by atoms with Crippen molar-refractivity contribution in [3.63, 3.8) is 0 Å². The Morgan fingerprint density at radius 3 is 1.51 bits per heavy atom. The van der Waals surface area contributed by atoms with Gasteiger partial charge in [-0.1, -0.05) is 182 Å². The fourth-order valence-corrected chi connectivity index (χ4v) is 8.22. The van der Waals surface area contributed by atoms with Crippen molar-refractivity contribution in [2.75, 3.05) is 4.90 Å². The van der Waals surface area contributed by atoms with Crippen LogP contribution < -0.4 is 4.90 Å². The SMILES string of the molecule is c1ccc(-c2cccc(N(c3ccc(-c4ccc5ccccc5c4-c4ccccc4)cc3)c3cccc4c5ccccc5c5ccccc5c34)c2)cc1. The molecule has 0 atom stereocenters. The van der Waals surface area contributed by atoms with Crippen molar-refractivity contribution in [3.8, 4) is 33.4 Å². The molecule has 0 aromatic heterocycles. The van der Waals surface area contributed by atoms with Crippen molar-refractivity contribution in [1.82, 2.24) is 0 Å². The molecule has 0 N–H and O–H groups in total. The van der Waals surface area contributed by atoms with Gasteiger partial charge in [0.1, 0.15) is 0 Å². The second kappa shape index (κ2) is 13.0. The zero-order valence-corrected chi connectivity index (χ0v) is 29.2. The van der Waals surface area contributed by atoms with Crippen LogP contribution in [-0.4, -0.2) is 0 Å². The van der Waals surface area contributed by atoms with Crippen LogP contribution in [0.4, 0.5) is 17.1 Å². The number of benzene rings is 10. The summed E-state index contributed by atoms with van der Waals surface area (Å²) >= 11 is 0. The molecule has 0 saturated carbocycles. The van der Waals surface area contributed by atoms with Crippen LogP contribution in [0.3, 0.4) is 0 Å². The van der Waals surface area contributed by atoms with Crippen molar-refractivity contribution in [2.45, 2.75) is 0 Å². The van der Waals surface area contributed by atoms with E-state index in [1.165, 1.54) is 76.5 Å². The maximum absolute atomic E-state index is 2.44. The average Bonchev–Trinajstić information content (AvgIpc) is 3.24. The van der Waals surface area contributed by atoms with Gasteiger partial charge < -0.3 is 4.90 Å². The van der Waals surface area contributed by atoms with Crippen LogP contribution in [-0.2, 0) is 0 Å². The summed E-state index contributed by atoms with van der Waals surface area (Å²) in [5.74, 6) is 0. The Balaban J connectivity index is 1.21. The van der Waals surface area contributed by atoms with E-state index in [-0.39, 0.29) is 0 Å². The van der Waals surface area contributed by atoms with E-state index in [1.54, 1.807) is 0 Å². The van der Waals surface area contributed by atoms with Crippen LogP contribution in [0.25, 0.3) is 76.5 Å². The lowest BCUT2D eigenvalue weighted by molar-refractivity contribution is 1.30. The predicted molar refractivity (Wildman–Crippen MR) is 227 cm³/mol. The minimum atomic E-state index is 1.10. The van der Waals surface area contributed by atoms with Crippen molar-refractivity contribution < 1.29 is 0 Å². The normalized spacial score (nSPS) is 11.4. The number of anilines is 3. The summed E-state index contributed by atoms with van der Waals surface area (Å²) in [4.78, 5) is 2.44. The lowest BCUT2D eigenvalue weighted by Crippen LogP contribution is -2.11. The van der Waals surface area contributed by atoms with Gasteiger partial charge in [-0.05, 0) is 101 Å². The largest absolute Gasteiger partial charge is 0.310 e. The van der Waals surface area contributed by atoms with Gasteiger partial charge in [-0.15, -0.1) is 0 Å². The molecule has 0 unspecified atom stereocenters. The molecule has 0 fully saturated rings. The quantitative estimate of drug-likeness (QED) is 0.159. The summed E-state index contributed by atoms with van der Waals surface area (Å²) in [7, 11) is 0. The molecule has 10 aromatic carbocycles. The van der Waals surface area contributed by atoms with Crippen molar-refractivity contribution in [1.29, 1.82) is 0 Å². The van der Waals surface area contributed by atoms with Gasteiger partial charge in [-0.25, -0.2) is 0 Å². The van der Waals surface area contributed by atoms with E-state index in [9.17, 15) is 0 Å². The third-order valence-electron chi connectivity index (χ3n) is 10.6. The summed E-state index contributed by atoms with van der Waals surface area (Å²) < 4.78 is 0. The highest BCUT2D eigenvalue weighted by atomic mass is 15.1. The molecule has 0 aliphatic heterocycles. The van der Waals surface area contributed by atoms with Gasteiger partial charge in [0, 0.05) is 16.8 Å². The molecule has 0 saturated heterocycles. The molecule has 248 valence electrons. The molecular formula is C52H35N. The Labute approximate surface area is 309 Å². The van der Waals surface area contributed by atoms with Crippen LogP contribution in [0.5, 0.6) is 0 Å². The van der Waals surface area contributed by atoms with E-state index >= 15 is 0 Å². The summed E-state index contributed by atoms with van der Waals surface area (Å²) in [6, 6.07) is 77.2. The van der Waals surface area contributed by atoms with Crippen molar-refractivity contribution >= 4 is 60.2 Å². The van der Waals surface area contributed by atoms with E-state index in [0.717, 1.165) is 17.1 Å². The summed E-state index contributed by atoms with van der Waals surface area (Å²) in [5.41, 5.74) is 10.6. The first kappa shape index (κ1) is 30.8. The Morgan fingerprint density at radius 2 is 0.811 bits per heavy atom. The molecule has 0 bridgehead atoms. The van der Waals surface area contributed by atoms with Crippen LogP contribution in [0.15, 0.2) is 212 Å². The third kappa shape index (κ3) is 5.34. The third-order valence-corrected chi connectivity index (χ3v) is 10.6. The molecule has 1 nitrogen and oxygen atoms in total. The van der Waals surface area contributed by atoms with Gasteiger partial charge >= 0.3 is 0 Å². The van der Waals surface area contributed by atoms with Crippen molar-refractivity contribution in [2.24, 2.45) is 0 Å². The van der Waals surface area contributed by atoms with Gasteiger partial charge in [0.2, 0.25) is 0 Å². The molecule has 0 aliphatic rings. The van der Waals surface area contributed by atoms with E-state index in [1.807, 2.05) is 0 Å². The second-order valence-corrected chi connectivity index (χ2v) is 13.7. The van der Waals surface area contributed by atoms with Gasteiger partial charge in [0.25, 0.3) is 0 Å².